The van der Waals surface area contributed by atoms with E-state index in [0.29, 0.717) is 36.7 Å². The third kappa shape index (κ3) is 3.29. The van der Waals surface area contributed by atoms with Gasteiger partial charge in [0.1, 0.15) is 18.5 Å². The molecule has 29 heavy (non-hydrogen) atoms. The summed E-state index contributed by atoms with van der Waals surface area (Å²) in [4.78, 5) is 12.7. The molecule has 0 saturated carbocycles. The van der Waals surface area contributed by atoms with Crippen LogP contribution in [0.2, 0.25) is 0 Å². The Hall–Kier alpha value is -3.79. The van der Waals surface area contributed by atoms with Crippen molar-refractivity contribution >= 4 is 5.91 Å². The number of fused-ring (bicyclic) bond motifs is 2. The number of rotatable bonds is 3. The third-order valence-electron chi connectivity index (χ3n) is 5.18. The number of aromatic nitrogens is 2. The van der Waals surface area contributed by atoms with Gasteiger partial charge >= 0.3 is 0 Å². The number of nitrogens with zero attached hydrogens (tertiary/aromatic N) is 3. The minimum Gasteiger partial charge on any atom is -0.491 e. The van der Waals surface area contributed by atoms with Gasteiger partial charge in [-0.3, -0.25) is 4.79 Å². The van der Waals surface area contributed by atoms with E-state index in [0.717, 1.165) is 16.9 Å². The van der Waals surface area contributed by atoms with Crippen LogP contribution < -0.4 is 14.8 Å². The maximum atomic E-state index is 12.7. The van der Waals surface area contributed by atoms with E-state index in [4.69, 9.17) is 14.7 Å². The van der Waals surface area contributed by atoms with E-state index in [1.165, 1.54) is 0 Å². The number of carbonyl (C=O) groups is 1. The predicted octanol–water partition coefficient (Wildman–Crippen LogP) is 2.62. The molecular formula is C22H18N4O3. The molecule has 1 unspecified atom stereocenters. The highest BCUT2D eigenvalue weighted by Gasteiger charge is 2.29. The van der Waals surface area contributed by atoms with E-state index in [-0.39, 0.29) is 18.1 Å². The lowest BCUT2D eigenvalue weighted by atomic mass is 10.0. The van der Waals surface area contributed by atoms with E-state index >= 15 is 0 Å². The lowest BCUT2D eigenvalue weighted by Gasteiger charge is -2.26. The zero-order valence-electron chi connectivity index (χ0n) is 15.5. The highest BCUT2D eigenvalue weighted by molar-refractivity contribution is 5.92. The van der Waals surface area contributed by atoms with Crippen LogP contribution in [0.25, 0.3) is 0 Å². The number of amides is 1. The van der Waals surface area contributed by atoms with E-state index < -0.39 is 0 Å². The molecule has 2 atom stereocenters. The topological polar surface area (TPSA) is 89.2 Å². The second-order valence-corrected chi connectivity index (χ2v) is 7.19. The Labute approximate surface area is 167 Å². The van der Waals surface area contributed by atoms with Crippen molar-refractivity contribution in [2.24, 2.45) is 0 Å². The van der Waals surface area contributed by atoms with E-state index in [2.05, 4.69) is 16.5 Å². The van der Waals surface area contributed by atoms with Crippen molar-refractivity contribution in [3.8, 4) is 17.7 Å². The molecule has 5 rings (SSSR count). The van der Waals surface area contributed by atoms with Gasteiger partial charge in [0.05, 0.1) is 24.2 Å². The maximum Gasteiger partial charge on any atom is 0.272 e. The van der Waals surface area contributed by atoms with Crippen LogP contribution in [0.15, 0.2) is 54.6 Å². The van der Waals surface area contributed by atoms with Gasteiger partial charge in [0.15, 0.2) is 5.69 Å². The van der Waals surface area contributed by atoms with Gasteiger partial charge in [-0.2, -0.15) is 10.4 Å². The van der Waals surface area contributed by atoms with Crippen LogP contribution in [0.5, 0.6) is 11.6 Å². The molecule has 0 aliphatic carbocycles. The summed E-state index contributed by atoms with van der Waals surface area (Å²) in [6.45, 7) is 0.953. The van der Waals surface area contributed by atoms with Crippen LogP contribution in [0.3, 0.4) is 0 Å². The third-order valence-corrected chi connectivity index (χ3v) is 5.18. The standard InChI is InChI=1S/C22H18N4O3/c23-11-14-6-7-19-16(8-14)9-17(13-28-19)24-22(27)18-10-21-26(25-18)12-20(29-21)15-4-2-1-3-5-15/h1-8,10,17,20H,9,12-13H2,(H,24,27)/t17-,20?/m1/s1. The average Bonchev–Trinajstić information content (AvgIpc) is 3.33. The summed E-state index contributed by atoms with van der Waals surface area (Å²) in [5.41, 5.74) is 2.90. The van der Waals surface area contributed by atoms with Crippen LogP contribution in [-0.2, 0) is 13.0 Å². The van der Waals surface area contributed by atoms with Gasteiger partial charge in [-0.1, -0.05) is 30.3 Å². The van der Waals surface area contributed by atoms with Crippen molar-refractivity contribution in [3.63, 3.8) is 0 Å². The summed E-state index contributed by atoms with van der Waals surface area (Å²) in [6, 6.07) is 18.9. The molecule has 0 fully saturated rings. The summed E-state index contributed by atoms with van der Waals surface area (Å²) >= 11 is 0. The molecule has 1 N–H and O–H groups in total. The molecule has 144 valence electrons. The van der Waals surface area contributed by atoms with Crippen molar-refractivity contribution < 1.29 is 14.3 Å². The zero-order chi connectivity index (χ0) is 19.8. The Kier molecular flexibility index (Phi) is 4.17. The molecule has 0 saturated heterocycles. The van der Waals surface area contributed by atoms with Crippen LogP contribution in [0.4, 0.5) is 0 Å². The quantitative estimate of drug-likeness (QED) is 0.747. The molecule has 2 aromatic carbocycles. The number of ether oxygens (including phenoxy) is 2. The number of nitrogens with one attached hydrogen (secondary N) is 1. The van der Waals surface area contributed by atoms with E-state index in [1.54, 1.807) is 28.9 Å². The molecule has 7 nitrogen and oxygen atoms in total. The van der Waals surface area contributed by atoms with Gasteiger partial charge in [-0.05, 0) is 35.7 Å². The largest absolute Gasteiger partial charge is 0.491 e. The number of hydrogen-bond acceptors (Lipinski definition) is 5. The van der Waals surface area contributed by atoms with Crippen molar-refractivity contribution in [2.75, 3.05) is 6.61 Å². The zero-order valence-corrected chi connectivity index (χ0v) is 15.5. The van der Waals surface area contributed by atoms with Crippen molar-refractivity contribution in [1.82, 2.24) is 15.1 Å². The number of carbonyl (C=O) groups excluding carboxylic acids is 1. The number of nitriles is 1. The van der Waals surface area contributed by atoms with E-state index in [1.807, 2.05) is 30.3 Å². The summed E-state index contributed by atoms with van der Waals surface area (Å²) in [5.74, 6) is 1.09. The monoisotopic (exact) mass is 386 g/mol. The van der Waals surface area contributed by atoms with Crippen LogP contribution in [-0.4, -0.2) is 28.3 Å². The molecule has 0 radical (unpaired) electrons. The van der Waals surface area contributed by atoms with Crippen molar-refractivity contribution in [3.05, 3.63) is 77.0 Å². The van der Waals surface area contributed by atoms with Gasteiger partial charge < -0.3 is 14.8 Å². The summed E-state index contributed by atoms with van der Waals surface area (Å²) in [7, 11) is 0. The van der Waals surface area contributed by atoms with Gasteiger partial charge in [-0.25, -0.2) is 4.68 Å². The van der Waals surface area contributed by atoms with Crippen molar-refractivity contribution in [2.45, 2.75) is 25.1 Å². The Bertz CT molecular complexity index is 1090. The molecule has 3 aromatic rings. The summed E-state index contributed by atoms with van der Waals surface area (Å²) in [5, 5.41) is 16.4. The maximum absolute atomic E-state index is 12.7. The lowest BCUT2D eigenvalue weighted by molar-refractivity contribution is 0.0908. The van der Waals surface area contributed by atoms with Crippen LogP contribution >= 0.6 is 0 Å². The number of benzene rings is 2. The SMILES string of the molecule is N#Cc1ccc2c(c1)C[C@@H](NC(=O)c1cc3n(n1)CC(c1ccccc1)O3)CO2. The van der Waals surface area contributed by atoms with Gasteiger partial charge in [0.2, 0.25) is 5.88 Å². The first-order chi connectivity index (χ1) is 14.2. The highest BCUT2D eigenvalue weighted by atomic mass is 16.5. The summed E-state index contributed by atoms with van der Waals surface area (Å²) in [6.07, 6.45) is 0.518. The first-order valence-corrected chi connectivity index (χ1v) is 9.46. The van der Waals surface area contributed by atoms with Gasteiger partial charge in [0.25, 0.3) is 5.91 Å². The summed E-state index contributed by atoms with van der Waals surface area (Å²) < 4.78 is 13.4. The van der Waals surface area contributed by atoms with Crippen molar-refractivity contribution in [1.29, 1.82) is 5.26 Å². The molecule has 1 aromatic heterocycles. The Balaban J connectivity index is 1.25. The fraction of sp³-hybridized carbons (Fsp3) is 0.227. The average molecular weight is 386 g/mol. The van der Waals surface area contributed by atoms with E-state index in [9.17, 15) is 4.79 Å². The first-order valence-electron chi connectivity index (χ1n) is 9.46. The van der Waals surface area contributed by atoms with Crippen LogP contribution in [0.1, 0.15) is 33.3 Å². The fourth-order valence-corrected chi connectivity index (χ4v) is 3.73. The minimum absolute atomic E-state index is 0.0895. The molecule has 2 aliphatic heterocycles. The first kappa shape index (κ1) is 17.3. The molecule has 2 aliphatic rings. The molecule has 3 heterocycles. The Morgan fingerprint density at radius 2 is 2.07 bits per heavy atom. The lowest BCUT2D eigenvalue weighted by Crippen LogP contribution is -2.43. The molecule has 0 spiro atoms. The Morgan fingerprint density at radius 3 is 2.86 bits per heavy atom. The Morgan fingerprint density at radius 1 is 1.21 bits per heavy atom. The molecular weight excluding hydrogens is 368 g/mol. The normalized spacial score (nSPS) is 19.3. The highest BCUT2D eigenvalue weighted by Crippen LogP contribution is 2.31. The van der Waals surface area contributed by atoms with Gasteiger partial charge in [0, 0.05) is 6.07 Å². The molecule has 7 heteroatoms. The molecule has 0 bridgehead atoms. The van der Waals surface area contributed by atoms with Gasteiger partial charge in [-0.15, -0.1) is 0 Å². The predicted molar refractivity (Wildman–Crippen MR) is 104 cm³/mol. The second kappa shape index (κ2) is 6.99. The second-order valence-electron chi connectivity index (χ2n) is 7.19. The number of hydrogen-bond donors (Lipinski definition) is 1. The fourth-order valence-electron chi connectivity index (χ4n) is 3.73. The smallest absolute Gasteiger partial charge is 0.272 e. The minimum atomic E-state index is -0.264. The molecule has 1 amide bonds. The van der Waals surface area contributed by atoms with Crippen LogP contribution in [0, 0.1) is 11.3 Å².